The average Bonchev–Trinajstić information content (AvgIpc) is 3.05. The topological polar surface area (TPSA) is 109 Å². The minimum Gasteiger partial charge on any atom is -0.438 e. The second kappa shape index (κ2) is 8.38. The highest BCUT2D eigenvalue weighted by Gasteiger charge is 2.26. The Morgan fingerprint density at radius 3 is 2.18 bits per heavy atom. The second-order valence-electron chi connectivity index (χ2n) is 7.22. The van der Waals surface area contributed by atoms with Crippen LogP contribution in [0.25, 0.3) is 0 Å². The van der Waals surface area contributed by atoms with Gasteiger partial charge in [0.05, 0.1) is 0 Å². The van der Waals surface area contributed by atoms with Crippen LogP contribution in [0.4, 0.5) is 10.5 Å². The van der Waals surface area contributed by atoms with Crippen LogP contribution in [0, 0.1) is 0 Å². The van der Waals surface area contributed by atoms with Crippen molar-refractivity contribution in [2.24, 2.45) is 0 Å². The minimum absolute atomic E-state index is 0.107. The third-order valence-corrected chi connectivity index (χ3v) is 5.87. The van der Waals surface area contributed by atoms with Gasteiger partial charge in [0.2, 0.25) is 5.09 Å². The Kier molecular flexibility index (Phi) is 6.58. The molecule has 0 saturated heterocycles. The van der Waals surface area contributed by atoms with Gasteiger partial charge in [0, 0.05) is 30.2 Å². The summed E-state index contributed by atoms with van der Waals surface area (Å²) in [4.78, 5) is 26.2. The lowest BCUT2D eigenvalue weighted by Crippen LogP contribution is -2.40. The van der Waals surface area contributed by atoms with E-state index in [1.165, 1.54) is 17.0 Å². The van der Waals surface area contributed by atoms with Crippen molar-refractivity contribution in [3.8, 4) is 0 Å². The Balaban J connectivity index is 2.06. The molecule has 0 radical (unpaired) electrons. The fraction of sp³-hybridized carbons (Fsp3) is 0.333. The van der Waals surface area contributed by atoms with Gasteiger partial charge in [0.15, 0.2) is 5.76 Å². The molecule has 1 aromatic carbocycles. The van der Waals surface area contributed by atoms with Gasteiger partial charge in [0.25, 0.3) is 21.2 Å². The summed E-state index contributed by atoms with van der Waals surface area (Å²) in [5.41, 5.74) is -0.192. The summed E-state index contributed by atoms with van der Waals surface area (Å²) in [6.45, 7) is 5.11. The number of carbonyl (C=O) groups is 2. The third kappa shape index (κ3) is 6.11. The molecule has 2 N–H and O–H groups in total. The molecule has 28 heavy (non-hydrogen) atoms. The SMILES string of the molecule is CN(C)C(=O)Sc1ccc(NC(=O)c2ccc(S(=O)(=O)NC(C)(C)C)o2)cc1. The summed E-state index contributed by atoms with van der Waals surface area (Å²) in [5, 5.41) is 2.18. The van der Waals surface area contributed by atoms with Crippen molar-refractivity contribution < 1.29 is 22.4 Å². The normalized spacial score (nSPS) is 11.9. The summed E-state index contributed by atoms with van der Waals surface area (Å²) in [7, 11) is -0.532. The summed E-state index contributed by atoms with van der Waals surface area (Å²) < 4.78 is 32.2. The summed E-state index contributed by atoms with van der Waals surface area (Å²) in [6.07, 6.45) is 0. The highest BCUT2D eigenvalue weighted by atomic mass is 32.2. The molecule has 2 rings (SSSR count). The molecule has 2 amide bonds. The van der Waals surface area contributed by atoms with E-state index in [1.807, 2.05) is 0 Å². The van der Waals surface area contributed by atoms with E-state index in [2.05, 4.69) is 10.0 Å². The third-order valence-electron chi connectivity index (χ3n) is 3.19. The number of thioether (sulfide) groups is 1. The molecular formula is C18H23N3O5S2. The number of amides is 2. The fourth-order valence-corrected chi connectivity index (χ4v) is 4.04. The summed E-state index contributed by atoms with van der Waals surface area (Å²) in [5.74, 6) is -0.711. The van der Waals surface area contributed by atoms with Gasteiger partial charge in [-0.3, -0.25) is 9.59 Å². The van der Waals surface area contributed by atoms with Gasteiger partial charge in [-0.15, -0.1) is 0 Å². The van der Waals surface area contributed by atoms with Crippen molar-refractivity contribution in [3.05, 3.63) is 42.2 Å². The molecule has 10 heteroatoms. The van der Waals surface area contributed by atoms with Crippen LogP contribution in [0.1, 0.15) is 31.3 Å². The first kappa shape index (κ1) is 22.0. The van der Waals surface area contributed by atoms with Crippen LogP contribution in [0.15, 0.2) is 50.8 Å². The van der Waals surface area contributed by atoms with Gasteiger partial charge in [0.1, 0.15) is 0 Å². The number of furan rings is 1. The maximum Gasteiger partial charge on any atom is 0.291 e. The fourth-order valence-electron chi connectivity index (χ4n) is 2.03. The van der Waals surface area contributed by atoms with Crippen LogP contribution in [0.3, 0.4) is 0 Å². The molecule has 0 unspecified atom stereocenters. The van der Waals surface area contributed by atoms with Gasteiger partial charge in [-0.05, 0) is 68.9 Å². The summed E-state index contributed by atoms with van der Waals surface area (Å²) >= 11 is 1.07. The molecule has 0 spiro atoms. The van der Waals surface area contributed by atoms with E-state index >= 15 is 0 Å². The van der Waals surface area contributed by atoms with Crippen LogP contribution in [-0.2, 0) is 10.0 Å². The zero-order valence-corrected chi connectivity index (χ0v) is 17.9. The largest absolute Gasteiger partial charge is 0.438 e. The van der Waals surface area contributed by atoms with E-state index in [-0.39, 0.29) is 16.1 Å². The van der Waals surface area contributed by atoms with Gasteiger partial charge in [-0.2, -0.15) is 0 Å². The van der Waals surface area contributed by atoms with Crippen LogP contribution in [0.5, 0.6) is 0 Å². The van der Waals surface area contributed by atoms with E-state index < -0.39 is 21.5 Å². The monoisotopic (exact) mass is 425 g/mol. The Morgan fingerprint density at radius 1 is 1.04 bits per heavy atom. The van der Waals surface area contributed by atoms with Gasteiger partial charge in [-0.1, -0.05) is 0 Å². The van der Waals surface area contributed by atoms with E-state index in [9.17, 15) is 18.0 Å². The minimum atomic E-state index is -3.86. The number of hydrogen-bond acceptors (Lipinski definition) is 6. The maximum absolute atomic E-state index is 12.3. The van der Waals surface area contributed by atoms with Crippen molar-refractivity contribution >= 4 is 38.6 Å². The highest BCUT2D eigenvalue weighted by Crippen LogP contribution is 2.23. The van der Waals surface area contributed by atoms with Gasteiger partial charge in [-0.25, -0.2) is 13.1 Å². The standard InChI is InChI=1S/C18H23N3O5S2/c1-18(2,3)20-28(24,25)15-11-10-14(26-15)16(22)19-12-6-8-13(9-7-12)27-17(23)21(4)5/h6-11,20H,1-5H3,(H,19,22). The lowest BCUT2D eigenvalue weighted by Gasteiger charge is -2.18. The zero-order chi connectivity index (χ0) is 21.1. The van der Waals surface area contributed by atoms with E-state index in [0.29, 0.717) is 5.69 Å². The van der Waals surface area contributed by atoms with E-state index in [1.54, 1.807) is 59.1 Å². The molecule has 8 nitrogen and oxygen atoms in total. The predicted molar refractivity (Wildman–Crippen MR) is 108 cm³/mol. The lowest BCUT2D eigenvalue weighted by atomic mass is 10.1. The Bertz CT molecular complexity index is 958. The highest BCUT2D eigenvalue weighted by molar-refractivity contribution is 8.13. The van der Waals surface area contributed by atoms with E-state index in [4.69, 9.17) is 4.42 Å². The number of anilines is 1. The molecule has 0 bridgehead atoms. The van der Waals surface area contributed by atoms with Crippen LogP contribution in [-0.4, -0.2) is 44.1 Å². The first-order chi connectivity index (χ1) is 12.9. The number of nitrogens with zero attached hydrogens (tertiary/aromatic N) is 1. The molecule has 1 heterocycles. The second-order valence-corrected chi connectivity index (χ2v) is 9.85. The van der Waals surface area contributed by atoms with Crippen molar-refractivity contribution in [2.75, 3.05) is 19.4 Å². The number of nitrogens with one attached hydrogen (secondary N) is 2. The predicted octanol–water partition coefficient (Wildman–Crippen LogP) is 3.38. The molecule has 0 aliphatic rings. The molecule has 0 atom stereocenters. The number of carbonyl (C=O) groups excluding carboxylic acids is 2. The molecule has 0 aliphatic heterocycles. The lowest BCUT2D eigenvalue weighted by molar-refractivity contribution is 0.0991. The van der Waals surface area contributed by atoms with Crippen LogP contribution in [0.2, 0.25) is 0 Å². The molecule has 2 aromatic rings. The van der Waals surface area contributed by atoms with Crippen molar-refractivity contribution in [3.63, 3.8) is 0 Å². The van der Waals surface area contributed by atoms with Crippen molar-refractivity contribution in [2.45, 2.75) is 36.3 Å². The summed E-state index contributed by atoms with van der Waals surface area (Å²) in [6, 6.07) is 9.22. The van der Waals surface area contributed by atoms with E-state index in [0.717, 1.165) is 16.7 Å². The van der Waals surface area contributed by atoms with Crippen LogP contribution >= 0.6 is 11.8 Å². The molecule has 0 saturated carbocycles. The number of hydrogen-bond donors (Lipinski definition) is 2. The smallest absolute Gasteiger partial charge is 0.291 e. The van der Waals surface area contributed by atoms with Crippen LogP contribution < -0.4 is 10.0 Å². The quantitative estimate of drug-likeness (QED) is 0.711. The molecular weight excluding hydrogens is 402 g/mol. The van der Waals surface area contributed by atoms with Crippen molar-refractivity contribution in [1.82, 2.24) is 9.62 Å². The Morgan fingerprint density at radius 2 is 1.64 bits per heavy atom. The molecule has 0 aliphatic carbocycles. The Hall–Kier alpha value is -2.30. The number of rotatable bonds is 5. The number of sulfonamides is 1. The number of benzene rings is 1. The molecule has 1 aromatic heterocycles. The molecule has 152 valence electrons. The zero-order valence-electron chi connectivity index (χ0n) is 16.3. The maximum atomic E-state index is 12.3. The molecule has 0 fully saturated rings. The average molecular weight is 426 g/mol. The van der Waals surface area contributed by atoms with Gasteiger partial charge < -0.3 is 14.6 Å². The van der Waals surface area contributed by atoms with Crippen molar-refractivity contribution in [1.29, 1.82) is 0 Å². The first-order valence-electron chi connectivity index (χ1n) is 8.32. The first-order valence-corrected chi connectivity index (χ1v) is 10.6. The Labute approximate surface area is 168 Å². The van der Waals surface area contributed by atoms with Gasteiger partial charge >= 0.3 is 0 Å².